The molecular weight excluding hydrogens is 583 g/mol. The van der Waals surface area contributed by atoms with Crippen molar-refractivity contribution in [3.8, 4) is 78.7 Å². The molecule has 0 saturated heterocycles. The first-order chi connectivity index (χ1) is 23.8. The lowest BCUT2D eigenvalue weighted by Gasteiger charge is -2.18. The van der Waals surface area contributed by atoms with E-state index in [-0.39, 0.29) is 0 Å². The minimum atomic E-state index is 0.633. The Balaban J connectivity index is 1.32. The van der Waals surface area contributed by atoms with Crippen molar-refractivity contribution in [3.05, 3.63) is 188 Å². The van der Waals surface area contributed by atoms with E-state index in [0.717, 1.165) is 38.9 Å². The molecule has 0 amide bonds. The first-order valence-electron chi connectivity index (χ1n) is 16.1. The van der Waals surface area contributed by atoms with Crippen LogP contribution in [0.25, 0.3) is 78.7 Å². The number of rotatable bonds is 7. The second-order valence-corrected chi connectivity index (χ2v) is 11.6. The molecule has 0 atom stereocenters. The Morgan fingerprint density at radius 3 is 0.979 bits per heavy atom. The summed E-state index contributed by atoms with van der Waals surface area (Å²) >= 11 is 0. The van der Waals surface area contributed by atoms with Crippen LogP contribution in [0.2, 0.25) is 0 Å². The predicted molar refractivity (Wildman–Crippen MR) is 198 cm³/mol. The predicted octanol–water partition coefficient (Wildman–Crippen LogP) is 11.5. The molecule has 8 rings (SSSR count). The summed E-state index contributed by atoms with van der Waals surface area (Å²) in [6.07, 6.45) is 0. The minimum Gasteiger partial charge on any atom is -0.208 e. The Kier molecular flexibility index (Phi) is 7.92. The first kappa shape index (κ1) is 29.0. The highest BCUT2D eigenvalue weighted by Gasteiger charge is 2.18. The SMILES string of the molecule is c1ccc(-c2nc(-c3ccccc3)nc(-c3ccc(-c4ccccc4-c4ccccc4-c4ccccc4)c(-c4ccccc4)c3)n2)cc1. The zero-order valence-corrected chi connectivity index (χ0v) is 26.2. The van der Waals surface area contributed by atoms with Crippen LogP contribution in [0.15, 0.2) is 188 Å². The molecule has 0 bridgehead atoms. The molecule has 0 unspecified atom stereocenters. The van der Waals surface area contributed by atoms with E-state index < -0.39 is 0 Å². The third-order valence-corrected chi connectivity index (χ3v) is 8.58. The molecule has 8 aromatic rings. The molecule has 1 heterocycles. The van der Waals surface area contributed by atoms with Crippen molar-refractivity contribution >= 4 is 0 Å². The average molecular weight is 614 g/mol. The van der Waals surface area contributed by atoms with Crippen LogP contribution in [0.3, 0.4) is 0 Å². The zero-order valence-electron chi connectivity index (χ0n) is 26.2. The van der Waals surface area contributed by atoms with Crippen LogP contribution >= 0.6 is 0 Å². The lowest BCUT2D eigenvalue weighted by atomic mass is 9.86. The highest BCUT2D eigenvalue weighted by atomic mass is 15.0. The lowest BCUT2D eigenvalue weighted by Crippen LogP contribution is -2.00. The molecule has 0 aliphatic rings. The summed E-state index contributed by atoms with van der Waals surface area (Å²) in [6.45, 7) is 0. The maximum absolute atomic E-state index is 5.02. The van der Waals surface area contributed by atoms with E-state index in [0.29, 0.717) is 17.5 Å². The second-order valence-electron chi connectivity index (χ2n) is 11.6. The van der Waals surface area contributed by atoms with Crippen LogP contribution in [0.4, 0.5) is 0 Å². The van der Waals surface area contributed by atoms with E-state index in [9.17, 15) is 0 Å². The minimum absolute atomic E-state index is 0.633. The molecule has 0 radical (unpaired) electrons. The maximum atomic E-state index is 5.02. The van der Waals surface area contributed by atoms with Gasteiger partial charge < -0.3 is 0 Å². The maximum Gasteiger partial charge on any atom is 0.164 e. The number of hydrogen-bond acceptors (Lipinski definition) is 3. The molecule has 0 fully saturated rings. The highest BCUT2D eigenvalue weighted by molar-refractivity contribution is 5.96. The molecule has 7 aromatic carbocycles. The van der Waals surface area contributed by atoms with Crippen LogP contribution in [0.1, 0.15) is 0 Å². The van der Waals surface area contributed by atoms with Gasteiger partial charge in [-0.15, -0.1) is 0 Å². The summed E-state index contributed by atoms with van der Waals surface area (Å²) in [7, 11) is 0. The number of benzene rings is 7. The number of aromatic nitrogens is 3. The largest absolute Gasteiger partial charge is 0.208 e. The average Bonchev–Trinajstić information content (AvgIpc) is 3.19. The molecule has 3 nitrogen and oxygen atoms in total. The topological polar surface area (TPSA) is 38.7 Å². The molecule has 0 aliphatic heterocycles. The van der Waals surface area contributed by atoms with Crippen molar-refractivity contribution in [2.75, 3.05) is 0 Å². The van der Waals surface area contributed by atoms with Gasteiger partial charge in [-0.25, -0.2) is 15.0 Å². The summed E-state index contributed by atoms with van der Waals surface area (Å²) in [5.74, 6) is 1.93. The van der Waals surface area contributed by atoms with Gasteiger partial charge in [0.2, 0.25) is 0 Å². The van der Waals surface area contributed by atoms with Gasteiger partial charge in [0, 0.05) is 16.7 Å². The smallest absolute Gasteiger partial charge is 0.164 e. The van der Waals surface area contributed by atoms with Gasteiger partial charge in [-0.3, -0.25) is 0 Å². The van der Waals surface area contributed by atoms with Crippen molar-refractivity contribution < 1.29 is 0 Å². The number of hydrogen-bond donors (Lipinski definition) is 0. The highest BCUT2D eigenvalue weighted by Crippen LogP contribution is 2.42. The molecule has 0 saturated carbocycles. The molecule has 1 aromatic heterocycles. The van der Waals surface area contributed by atoms with E-state index in [1.165, 1.54) is 22.3 Å². The molecule has 0 spiro atoms. The van der Waals surface area contributed by atoms with Crippen LogP contribution in [0.5, 0.6) is 0 Å². The van der Waals surface area contributed by atoms with Gasteiger partial charge in [0.15, 0.2) is 17.5 Å². The third-order valence-electron chi connectivity index (χ3n) is 8.58. The molecule has 48 heavy (non-hydrogen) atoms. The van der Waals surface area contributed by atoms with Gasteiger partial charge in [0.1, 0.15) is 0 Å². The Labute approximate surface area is 280 Å². The standard InChI is InChI=1S/C45H31N3/c1-5-17-32(18-6-1)37-25-13-14-26-38(37)39-27-15-16-28-40(39)41-30-29-36(31-42(41)33-19-7-2-8-20-33)45-47-43(34-21-9-3-10-22-34)46-44(48-45)35-23-11-4-12-24-35/h1-31H. The van der Waals surface area contributed by atoms with Gasteiger partial charge in [-0.05, 0) is 50.6 Å². The summed E-state index contributed by atoms with van der Waals surface area (Å²) in [5, 5.41) is 0. The fourth-order valence-corrected chi connectivity index (χ4v) is 6.25. The second kappa shape index (κ2) is 13.1. The van der Waals surface area contributed by atoms with Crippen LogP contribution < -0.4 is 0 Å². The van der Waals surface area contributed by atoms with Crippen molar-refractivity contribution in [2.45, 2.75) is 0 Å². The van der Waals surface area contributed by atoms with Crippen LogP contribution in [-0.2, 0) is 0 Å². The molecule has 3 heteroatoms. The van der Waals surface area contributed by atoms with Gasteiger partial charge in [0.25, 0.3) is 0 Å². The van der Waals surface area contributed by atoms with Crippen molar-refractivity contribution in [2.24, 2.45) is 0 Å². The van der Waals surface area contributed by atoms with Crippen molar-refractivity contribution in [1.29, 1.82) is 0 Å². The van der Waals surface area contributed by atoms with E-state index in [2.05, 4.69) is 127 Å². The lowest BCUT2D eigenvalue weighted by molar-refractivity contribution is 1.07. The Bertz CT molecular complexity index is 2260. The first-order valence-corrected chi connectivity index (χ1v) is 16.1. The molecule has 226 valence electrons. The van der Waals surface area contributed by atoms with Crippen molar-refractivity contribution in [3.63, 3.8) is 0 Å². The van der Waals surface area contributed by atoms with Gasteiger partial charge in [-0.1, -0.05) is 182 Å². The van der Waals surface area contributed by atoms with Gasteiger partial charge in [-0.2, -0.15) is 0 Å². The summed E-state index contributed by atoms with van der Waals surface area (Å²) in [4.78, 5) is 15.0. The third kappa shape index (κ3) is 5.81. The van der Waals surface area contributed by atoms with E-state index in [1.807, 2.05) is 60.7 Å². The van der Waals surface area contributed by atoms with E-state index >= 15 is 0 Å². The normalized spacial score (nSPS) is 10.9. The summed E-state index contributed by atoms with van der Waals surface area (Å²) in [5.41, 5.74) is 12.1. The summed E-state index contributed by atoms with van der Waals surface area (Å²) in [6, 6.07) is 65.3. The van der Waals surface area contributed by atoms with Crippen molar-refractivity contribution in [1.82, 2.24) is 15.0 Å². The molecule has 0 N–H and O–H groups in total. The van der Waals surface area contributed by atoms with Gasteiger partial charge in [0.05, 0.1) is 0 Å². The van der Waals surface area contributed by atoms with E-state index in [4.69, 9.17) is 15.0 Å². The Hall–Kier alpha value is -6.45. The molecule has 0 aliphatic carbocycles. The zero-order chi connectivity index (χ0) is 32.1. The van der Waals surface area contributed by atoms with Crippen LogP contribution in [0, 0.1) is 0 Å². The monoisotopic (exact) mass is 613 g/mol. The quantitative estimate of drug-likeness (QED) is 0.179. The summed E-state index contributed by atoms with van der Waals surface area (Å²) < 4.78 is 0. The Morgan fingerprint density at radius 2 is 0.521 bits per heavy atom. The van der Waals surface area contributed by atoms with Crippen LogP contribution in [-0.4, -0.2) is 15.0 Å². The number of nitrogens with zero attached hydrogens (tertiary/aromatic N) is 3. The Morgan fingerprint density at radius 1 is 0.208 bits per heavy atom. The molecular formula is C45H31N3. The van der Waals surface area contributed by atoms with E-state index in [1.54, 1.807) is 0 Å². The fraction of sp³-hybridized carbons (Fsp3) is 0. The van der Waals surface area contributed by atoms with Gasteiger partial charge >= 0.3 is 0 Å². The fourth-order valence-electron chi connectivity index (χ4n) is 6.25.